The van der Waals surface area contributed by atoms with Crippen LogP contribution in [0.3, 0.4) is 0 Å². The van der Waals surface area contributed by atoms with Crippen molar-refractivity contribution in [2.24, 2.45) is 28.3 Å². The number of oxime groups is 1. The molecule has 0 aromatic carbocycles. The van der Waals surface area contributed by atoms with Crippen LogP contribution in [0.2, 0.25) is 0 Å². The van der Waals surface area contributed by atoms with Crippen LogP contribution in [0.15, 0.2) is 34.1 Å². The van der Waals surface area contributed by atoms with Gasteiger partial charge in [0, 0.05) is 42.1 Å². The van der Waals surface area contributed by atoms with Gasteiger partial charge in [-0.1, -0.05) is 30.2 Å². The maximum absolute atomic E-state index is 12.7. The topological polar surface area (TPSA) is 109 Å². The van der Waals surface area contributed by atoms with E-state index < -0.39 is 5.60 Å². The van der Waals surface area contributed by atoms with Gasteiger partial charge in [0.05, 0.1) is 5.60 Å². The number of fused-ring (bicyclic) bond motifs is 4. The zero-order valence-electron chi connectivity index (χ0n) is 18.5. The zero-order chi connectivity index (χ0) is 22.3. The van der Waals surface area contributed by atoms with Crippen LogP contribution in [0.25, 0.3) is 0 Å². The molecule has 4 aliphatic carbocycles. The second-order valence-corrected chi connectivity index (χ2v) is 10.9. The Bertz CT molecular complexity index is 1130. The van der Waals surface area contributed by atoms with Gasteiger partial charge < -0.3 is 14.8 Å². The van der Waals surface area contributed by atoms with Crippen LogP contribution in [0.5, 0.6) is 0 Å². The summed E-state index contributed by atoms with van der Waals surface area (Å²) in [6, 6.07) is 5.88. The Kier molecular flexibility index (Phi) is 4.08. The molecule has 2 heterocycles. The molecule has 0 bridgehead atoms. The molecule has 7 heteroatoms. The Morgan fingerprint density at radius 2 is 2.03 bits per heavy atom. The van der Waals surface area contributed by atoms with E-state index in [1.807, 2.05) is 18.2 Å². The van der Waals surface area contributed by atoms with E-state index >= 15 is 0 Å². The molecule has 6 atom stereocenters. The molecule has 0 amide bonds. The number of hydrogen-bond donors (Lipinski definition) is 2. The molecule has 0 aliphatic heterocycles. The Balaban J connectivity index is 1.39. The van der Waals surface area contributed by atoms with Gasteiger partial charge in [-0.2, -0.15) is 0 Å². The number of aromatic nitrogens is 2. The summed E-state index contributed by atoms with van der Waals surface area (Å²) in [5, 5.41) is 28.9. The van der Waals surface area contributed by atoms with E-state index in [-0.39, 0.29) is 22.3 Å². The van der Waals surface area contributed by atoms with Crippen molar-refractivity contribution >= 4 is 11.5 Å². The first-order valence-corrected chi connectivity index (χ1v) is 11.7. The first-order valence-electron chi connectivity index (χ1n) is 11.7. The zero-order valence-corrected chi connectivity index (χ0v) is 18.5. The van der Waals surface area contributed by atoms with Crippen LogP contribution in [-0.2, 0) is 18.3 Å². The number of ketones is 1. The van der Waals surface area contributed by atoms with Gasteiger partial charge in [-0.15, -0.1) is 0 Å². The average molecular weight is 436 g/mol. The van der Waals surface area contributed by atoms with Gasteiger partial charge in [-0.3, -0.25) is 9.78 Å². The summed E-state index contributed by atoms with van der Waals surface area (Å²) in [5.41, 5.74) is 1.03. The molecule has 6 rings (SSSR count). The van der Waals surface area contributed by atoms with Crippen molar-refractivity contribution in [2.45, 2.75) is 69.8 Å². The standard InChI is InChI=1S/C25H29N3O4/c1-23-13-18(27-31)22(29)21-20(23)19(32-28-21)11-15-16(23)6-8-24(2)17(15)7-9-25(24,30)12-14-5-3-4-10-26-14/h3-5,10,15-17,30-31H,6-9,11-13H2,1-2H3/b27-18+/t15-,16+,17+,23-,24+,25-/m1/s1. The molecule has 32 heavy (non-hydrogen) atoms. The lowest BCUT2D eigenvalue weighted by molar-refractivity contribution is -0.118. The van der Waals surface area contributed by atoms with E-state index in [9.17, 15) is 15.1 Å². The first kappa shape index (κ1) is 20.1. The molecule has 2 fully saturated rings. The lowest BCUT2D eigenvalue weighted by Crippen LogP contribution is -2.57. The van der Waals surface area contributed by atoms with E-state index in [4.69, 9.17) is 4.52 Å². The number of pyridine rings is 1. The van der Waals surface area contributed by atoms with Gasteiger partial charge in [0.2, 0.25) is 5.78 Å². The second-order valence-electron chi connectivity index (χ2n) is 10.9. The smallest absolute Gasteiger partial charge is 0.232 e. The number of Topliss-reactive ketones (excluding diaryl/α,β-unsaturated/α-hetero) is 1. The molecule has 0 saturated heterocycles. The highest BCUT2D eigenvalue weighted by atomic mass is 16.5. The molecule has 168 valence electrons. The number of aliphatic hydroxyl groups is 1. The van der Waals surface area contributed by atoms with Crippen LogP contribution in [-0.4, -0.2) is 37.6 Å². The van der Waals surface area contributed by atoms with E-state index in [0.717, 1.165) is 49.1 Å². The van der Waals surface area contributed by atoms with Crippen LogP contribution < -0.4 is 0 Å². The number of nitrogens with zero attached hydrogens (tertiary/aromatic N) is 3. The average Bonchev–Trinajstić information content (AvgIpc) is 3.32. The number of hydrogen-bond acceptors (Lipinski definition) is 7. The quantitative estimate of drug-likeness (QED) is 0.550. The van der Waals surface area contributed by atoms with Gasteiger partial charge in [-0.05, 0) is 61.0 Å². The third kappa shape index (κ3) is 2.40. The Morgan fingerprint density at radius 1 is 1.22 bits per heavy atom. The largest absolute Gasteiger partial charge is 0.411 e. The summed E-state index contributed by atoms with van der Waals surface area (Å²) < 4.78 is 5.71. The minimum absolute atomic E-state index is 0.173. The molecule has 2 aromatic heterocycles. The summed E-state index contributed by atoms with van der Waals surface area (Å²) in [7, 11) is 0. The summed E-state index contributed by atoms with van der Waals surface area (Å²) >= 11 is 0. The van der Waals surface area contributed by atoms with Gasteiger partial charge in [0.25, 0.3) is 0 Å². The molecule has 2 aromatic rings. The molecular weight excluding hydrogens is 406 g/mol. The van der Waals surface area contributed by atoms with Crippen molar-refractivity contribution in [1.82, 2.24) is 10.1 Å². The second kappa shape index (κ2) is 6.50. The molecule has 2 saturated carbocycles. The summed E-state index contributed by atoms with van der Waals surface area (Å²) in [6.07, 6.45) is 7.13. The predicted octanol–water partition coefficient (Wildman–Crippen LogP) is 3.72. The van der Waals surface area contributed by atoms with Crippen molar-refractivity contribution in [3.63, 3.8) is 0 Å². The highest BCUT2D eigenvalue weighted by Gasteiger charge is 2.65. The highest BCUT2D eigenvalue weighted by molar-refractivity contribution is 6.46. The summed E-state index contributed by atoms with van der Waals surface area (Å²) in [4.78, 5) is 17.2. The van der Waals surface area contributed by atoms with Crippen LogP contribution in [0, 0.1) is 23.2 Å². The highest BCUT2D eigenvalue weighted by Crippen LogP contribution is 2.66. The number of carbonyl (C=O) groups is 1. The van der Waals surface area contributed by atoms with Crippen molar-refractivity contribution in [2.75, 3.05) is 0 Å². The lowest BCUT2D eigenvalue weighted by atomic mass is 9.46. The molecule has 4 aliphatic rings. The normalized spacial score (nSPS) is 41.3. The third-order valence-electron chi connectivity index (χ3n) is 9.66. The van der Waals surface area contributed by atoms with Crippen molar-refractivity contribution < 1.29 is 19.6 Å². The van der Waals surface area contributed by atoms with Crippen LogP contribution in [0.4, 0.5) is 0 Å². The monoisotopic (exact) mass is 435 g/mol. The first-order chi connectivity index (χ1) is 15.3. The predicted molar refractivity (Wildman–Crippen MR) is 116 cm³/mol. The van der Waals surface area contributed by atoms with Gasteiger partial charge in [0.1, 0.15) is 11.5 Å². The van der Waals surface area contributed by atoms with E-state index in [2.05, 4.69) is 29.1 Å². The SMILES string of the molecule is C[C@]12C/C(=N\O)C(=O)c3noc(c31)C[C@@H]1[C@@H]2CC[C@@]2(C)[C@H]1CC[C@@]2(O)Cc1ccccn1. The minimum atomic E-state index is -0.787. The molecule has 0 radical (unpaired) electrons. The summed E-state index contributed by atoms with van der Waals surface area (Å²) in [5.74, 6) is 1.49. The van der Waals surface area contributed by atoms with Gasteiger partial charge >= 0.3 is 0 Å². The van der Waals surface area contributed by atoms with Crippen molar-refractivity contribution in [1.29, 1.82) is 0 Å². The number of rotatable bonds is 2. The maximum atomic E-state index is 12.7. The molecule has 2 N–H and O–H groups in total. The Hall–Kier alpha value is -2.54. The van der Waals surface area contributed by atoms with Crippen LogP contribution >= 0.6 is 0 Å². The molecule has 0 spiro atoms. The Morgan fingerprint density at radius 3 is 2.78 bits per heavy atom. The summed E-state index contributed by atoms with van der Waals surface area (Å²) in [6.45, 7) is 4.44. The third-order valence-corrected chi connectivity index (χ3v) is 9.66. The van der Waals surface area contributed by atoms with Crippen LogP contribution in [0.1, 0.15) is 73.5 Å². The molecule has 0 unspecified atom stereocenters. The van der Waals surface area contributed by atoms with Gasteiger partial charge in [0.15, 0.2) is 5.69 Å². The van der Waals surface area contributed by atoms with Gasteiger partial charge in [-0.25, -0.2) is 0 Å². The van der Waals surface area contributed by atoms with E-state index in [1.54, 1.807) is 6.20 Å². The molecular formula is C25H29N3O4. The minimum Gasteiger partial charge on any atom is -0.411 e. The number of carbonyl (C=O) groups excluding carboxylic acids is 1. The lowest BCUT2D eigenvalue weighted by Gasteiger charge is -2.57. The van der Waals surface area contributed by atoms with E-state index in [1.165, 1.54) is 0 Å². The Labute approximate surface area is 186 Å². The maximum Gasteiger partial charge on any atom is 0.232 e. The van der Waals surface area contributed by atoms with Crippen molar-refractivity contribution in [3.8, 4) is 0 Å². The fourth-order valence-electron chi connectivity index (χ4n) is 8.04. The fourth-order valence-corrected chi connectivity index (χ4v) is 8.04. The van der Waals surface area contributed by atoms with E-state index in [0.29, 0.717) is 36.3 Å². The van der Waals surface area contributed by atoms with Crippen molar-refractivity contribution in [3.05, 3.63) is 47.1 Å². The molecule has 7 nitrogen and oxygen atoms in total. The fraction of sp³-hybridized carbons (Fsp3) is 0.600.